The van der Waals surface area contributed by atoms with Crippen LogP contribution in [0.25, 0.3) is 27.3 Å². The van der Waals surface area contributed by atoms with Crippen LogP contribution in [0, 0.1) is 0 Å². The van der Waals surface area contributed by atoms with Crippen LogP contribution in [0.1, 0.15) is 0 Å². The first kappa shape index (κ1) is 9.07. The van der Waals surface area contributed by atoms with E-state index in [1.54, 1.807) is 0 Å². The monoisotopic (exact) mass is 237 g/mol. The zero-order valence-electron chi connectivity index (χ0n) is 9.00. The Morgan fingerprint density at radius 3 is 2.41 bits per heavy atom. The van der Waals surface area contributed by atoms with E-state index < -0.39 is 0 Å². The van der Waals surface area contributed by atoms with Crippen molar-refractivity contribution in [1.82, 2.24) is 4.37 Å². The fourth-order valence-corrected chi connectivity index (χ4v) is 3.03. The standard InChI is InChI=1S/C14H9N2S/c1-2-7-12-10(5-1)11-6-3-4-8-13(11)16-9-17-15-14(12)16/h1-9H/q+1. The Labute approximate surface area is 102 Å². The largest absolute Gasteiger partial charge is 0.351 e. The highest BCUT2D eigenvalue weighted by molar-refractivity contribution is 7.03. The van der Waals surface area contributed by atoms with Crippen LogP contribution in [-0.4, -0.2) is 4.37 Å². The summed E-state index contributed by atoms with van der Waals surface area (Å²) < 4.78 is 6.67. The molecule has 0 spiro atoms. The summed E-state index contributed by atoms with van der Waals surface area (Å²) in [6.07, 6.45) is 0. The third-order valence-corrected chi connectivity index (χ3v) is 3.73. The molecule has 0 radical (unpaired) electrons. The lowest BCUT2D eigenvalue weighted by atomic mass is 10.1. The zero-order chi connectivity index (χ0) is 11.2. The molecule has 0 amide bonds. The quantitative estimate of drug-likeness (QED) is 0.339. The van der Waals surface area contributed by atoms with E-state index in [1.165, 1.54) is 33.2 Å². The highest BCUT2D eigenvalue weighted by atomic mass is 32.1. The molecule has 0 bridgehead atoms. The van der Waals surface area contributed by atoms with Crippen LogP contribution in [0.5, 0.6) is 0 Å². The Kier molecular flexibility index (Phi) is 1.73. The lowest BCUT2D eigenvalue weighted by molar-refractivity contribution is -0.476. The smallest absolute Gasteiger partial charge is 0.181 e. The number of hydrogen-bond acceptors (Lipinski definition) is 2. The van der Waals surface area contributed by atoms with Crippen molar-refractivity contribution < 1.29 is 4.40 Å². The molecule has 0 unspecified atom stereocenters. The molecule has 0 N–H and O–H groups in total. The van der Waals surface area contributed by atoms with E-state index in [2.05, 4.69) is 62.8 Å². The Hall–Kier alpha value is -2.00. The maximum absolute atomic E-state index is 4.50. The summed E-state index contributed by atoms with van der Waals surface area (Å²) in [6.45, 7) is 0. The lowest BCUT2D eigenvalue weighted by Crippen LogP contribution is -2.19. The minimum absolute atomic E-state index is 1.05. The second-order valence-electron chi connectivity index (χ2n) is 4.06. The van der Waals surface area contributed by atoms with Gasteiger partial charge >= 0.3 is 5.65 Å². The Balaban J connectivity index is 2.48. The summed E-state index contributed by atoms with van der Waals surface area (Å²) in [4.78, 5) is 0. The third-order valence-electron chi connectivity index (χ3n) is 3.14. The van der Waals surface area contributed by atoms with Gasteiger partial charge in [-0.25, -0.2) is 0 Å². The minimum atomic E-state index is 1.05. The van der Waals surface area contributed by atoms with Crippen molar-refractivity contribution in [2.24, 2.45) is 0 Å². The maximum Gasteiger partial charge on any atom is 0.351 e. The maximum atomic E-state index is 4.50. The number of nitrogens with zero attached hydrogens (tertiary/aromatic N) is 2. The van der Waals surface area contributed by atoms with Crippen LogP contribution in [0.3, 0.4) is 0 Å². The molecule has 0 aliphatic rings. The Morgan fingerprint density at radius 2 is 1.53 bits per heavy atom. The fraction of sp³-hybridized carbons (Fsp3) is 0. The van der Waals surface area contributed by atoms with Crippen molar-refractivity contribution >= 4 is 38.9 Å². The van der Waals surface area contributed by atoms with E-state index in [-0.39, 0.29) is 0 Å². The van der Waals surface area contributed by atoms with Crippen LogP contribution < -0.4 is 4.40 Å². The van der Waals surface area contributed by atoms with Gasteiger partial charge in [-0.15, -0.1) is 0 Å². The van der Waals surface area contributed by atoms with Crippen LogP contribution in [0.2, 0.25) is 0 Å². The second kappa shape index (κ2) is 3.25. The normalized spacial score (nSPS) is 11.5. The van der Waals surface area contributed by atoms with Crippen LogP contribution in [0.4, 0.5) is 0 Å². The first-order valence-electron chi connectivity index (χ1n) is 5.50. The van der Waals surface area contributed by atoms with Crippen molar-refractivity contribution in [2.45, 2.75) is 0 Å². The number of para-hydroxylation sites is 1. The molecule has 4 aromatic rings. The van der Waals surface area contributed by atoms with E-state index in [4.69, 9.17) is 0 Å². The van der Waals surface area contributed by atoms with Gasteiger partial charge in [-0.05, 0) is 12.1 Å². The molecule has 3 heteroatoms. The number of fused-ring (bicyclic) bond motifs is 6. The number of rotatable bonds is 0. The lowest BCUT2D eigenvalue weighted by Gasteiger charge is -2.01. The van der Waals surface area contributed by atoms with Crippen LogP contribution >= 0.6 is 11.5 Å². The summed E-state index contributed by atoms with van der Waals surface area (Å²) in [5, 5.41) is 3.77. The van der Waals surface area contributed by atoms with E-state index in [0.29, 0.717) is 0 Å². The number of pyridine rings is 1. The molecule has 0 saturated carbocycles. The molecule has 0 fully saturated rings. The van der Waals surface area contributed by atoms with Crippen molar-refractivity contribution in [1.29, 1.82) is 0 Å². The zero-order valence-corrected chi connectivity index (χ0v) is 9.82. The predicted octanol–water partition coefficient (Wildman–Crippen LogP) is 3.19. The van der Waals surface area contributed by atoms with Crippen molar-refractivity contribution in [3.05, 3.63) is 54.0 Å². The molecule has 0 aliphatic heterocycles. The van der Waals surface area contributed by atoms with Crippen molar-refractivity contribution in [3.63, 3.8) is 0 Å². The number of hydrogen-bond donors (Lipinski definition) is 0. The van der Waals surface area contributed by atoms with Gasteiger partial charge in [-0.3, -0.25) is 0 Å². The fourth-order valence-electron chi connectivity index (χ4n) is 2.39. The molecule has 2 aromatic carbocycles. The number of benzene rings is 2. The average Bonchev–Trinajstić information content (AvgIpc) is 2.89. The van der Waals surface area contributed by atoms with Gasteiger partial charge < -0.3 is 0 Å². The molecule has 0 aliphatic carbocycles. The van der Waals surface area contributed by atoms with Gasteiger partial charge in [0.1, 0.15) is 17.0 Å². The first-order valence-corrected chi connectivity index (χ1v) is 6.34. The van der Waals surface area contributed by atoms with Crippen molar-refractivity contribution in [3.8, 4) is 0 Å². The summed E-state index contributed by atoms with van der Waals surface area (Å²) in [7, 11) is 0. The molecular weight excluding hydrogens is 228 g/mol. The second-order valence-corrected chi connectivity index (χ2v) is 4.66. The summed E-state index contributed by atoms with van der Waals surface area (Å²) >= 11 is 1.50. The van der Waals surface area contributed by atoms with E-state index >= 15 is 0 Å². The van der Waals surface area contributed by atoms with Gasteiger partial charge in [0.2, 0.25) is 0 Å². The summed E-state index contributed by atoms with van der Waals surface area (Å²) in [5.41, 5.74) is 4.32. The average molecular weight is 237 g/mol. The highest BCUT2D eigenvalue weighted by Gasteiger charge is 2.15. The van der Waals surface area contributed by atoms with Crippen LogP contribution in [0.15, 0.2) is 54.0 Å². The van der Waals surface area contributed by atoms with E-state index in [9.17, 15) is 0 Å². The van der Waals surface area contributed by atoms with E-state index in [1.807, 2.05) is 0 Å². The van der Waals surface area contributed by atoms with E-state index in [0.717, 1.165) is 5.65 Å². The molecule has 80 valence electrons. The summed E-state index contributed by atoms with van der Waals surface area (Å²) in [5.74, 6) is 0. The molecule has 2 aromatic heterocycles. The number of aromatic nitrogens is 2. The molecule has 2 heterocycles. The topological polar surface area (TPSA) is 17.0 Å². The molecule has 2 nitrogen and oxygen atoms in total. The molecule has 17 heavy (non-hydrogen) atoms. The predicted molar refractivity (Wildman–Crippen MR) is 70.3 cm³/mol. The molecule has 0 atom stereocenters. The summed E-state index contributed by atoms with van der Waals surface area (Å²) in [6, 6.07) is 16.9. The van der Waals surface area contributed by atoms with Crippen LogP contribution in [-0.2, 0) is 0 Å². The van der Waals surface area contributed by atoms with Gasteiger partial charge in [-0.1, -0.05) is 36.4 Å². The SMILES string of the molecule is c1ccc2c(c1)c1ccccc1[n+]1csnc21. The van der Waals surface area contributed by atoms with Crippen molar-refractivity contribution in [2.75, 3.05) is 0 Å². The molecule has 0 saturated heterocycles. The van der Waals surface area contributed by atoms with Gasteiger partial charge in [-0.2, -0.15) is 4.40 Å². The van der Waals surface area contributed by atoms with Gasteiger partial charge in [0.05, 0.1) is 5.39 Å². The minimum Gasteiger partial charge on any atom is -0.181 e. The molecular formula is C14H9N2S+. The third kappa shape index (κ3) is 1.14. The Bertz CT molecular complexity index is 779. The first-order chi connectivity index (χ1) is 8.45. The molecule has 4 rings (SSSR count). The van der Waals surface area contributed by atoms with Gasteiger partial charge in [0, 0.05) is 15.1 Å². The van der Waals surface area contributed by atoms with Gasteiger partial charge in [0.15, 0.2) is 5.51 Å². The highest BCUT2D eigenvalue weighted by Crippen LogP contribution is 2.25. The van der Waals surface area contributed by atoms with Gasteiger partial charge in [0.25, 0.3) is 0 Å². The Morgan fingerprint density at radius 1 is 0.824 bits per heavy atom.